The standard InChI is InChI=1S/C12H16F2N2O2/c1-3-5-16(8-11(17)18-4-2)12-10(14)6-9(13)7-15-12/h6-7H,3-5,8H2,1-2H3. The van der Waals surface area contributed by atoms with Gasteiger partial charge in [-0.2, -0.15) is 0 Å². The Hall–Kier alpha value is -1.72. The molecule has 0 bridgehead atoms. The number of hydrogen-bond donors (Lipinski definition) is 0. The van der Waals surface area contributed by atoms with Crippen LogP contribution in [0.2, 0.25) is 0 Å². The molecule has 1 aromatic rings. The van der Waals surface area contributed by atoms with Crippen LogP contribution in [0, 0.1) is 11.6 Å². The van der Waals surface area contributed by atoms with Crippen LogP contribution < -0.4 is 4.90 Å². The zero-order valence-corrected chi connectivity index (χ0v) is 10.4. The number of hydrogen-bond acceptors (Lipinski definition) is 4. The summed E-state index contributed by atoms with van der Waals surface area (Å²) in [4.78, 5) is 16.5. The van der Waals surface area contributed by atoms with Gasteiger partial charge in [-0.05, 0) is 13.3 Å². The van der Waals surface area contributed by atoms with Gasteiger partial charge in [-0.3, -0.25) is 4.79 Å². The molecule has 6 heteroatoms. The van der Waals surface area contributed by atoms with E-state index in [9.17, 15) is 13.6 Å². The molecule has 0 aliphatic carbocycles. The van der Waals surface area contributed by atoms with Crippen LogP contribution in [0.3, 0.4) is 0 Å². The molecule has 1 aromatic heterocycles. The molecule has 0 aliphatic rings. The number of ether oxygens (including phenoxy) is 1. The highest BCUT2D eigenvalue weighted by Gasteiger charge is 2.17. The number of pyridine rings is 1. The fourth-order valence-electron chi connectivity index (χ4n) is 1.53. The summed E-state index contributed by atoms with van der Waals surface area (Å²) in [5.41, 5.74) is 0. The van der Waals surface area contributed by atoms with Gasteiger partial charge in [-0.15, -0.1) is 0 Å². The molecule has 0 aromatic carbocycles. The second kappa shape index (κ2) is 6.88. The Morgan fingerprint density at radius 1 is 1.44 bits per heavy atom. The van der Waals surface area contributed by atoms with Crippen molar-refractivity contribution < 1.29 is 18.3 Å². The minimum absolute atomic E-state index is 0.0358. The molecule has 1 heterocycles. The van der Waals surface area contributed by atoms with Crippen LogP contribution in [-0.2, 0) is 9.53 Å². The highest BCUT2D eigenvalue weighted by molar-refractivity contribution is 5.75. The van der Waals surface area contributed by atoms with Gasteiger partial charge in [0.15, 0.2) is 11.6 Å². The fraction of sp³-hybridized carbons (Fsp3) is 0.500. The number of esters is 1. The van der Waals surface area contributed by atoms with E-state index in [1.807, 2.05) is 6.92 Å². The second-order valence-corrected chi connectivity index (χ2v) is 3.69. The van der Waals surface area contributed by atoms with E-state index in [2.05, 4.69) is 4.98 Å². The SMILES string of the molecule is CCCN(CC(=O)OCC)c1ncc(F)cc1F. The first-order valence-corrected chi connectivity index (χ1v) is 5.80. The zero-order chi connectivity index (χ0) is 13.5. The Morgan fingerprint density at radius 3 is 2.72 bits per heavy atom. The van der Waals surface area contributed by atoms with Crippen molar-refractivity contribution in [2.24, 2.45) is 0 Å². The summed E-state index contributed by atoms with van der Waals surface area (Å²) in [6.07, 6.45) is 1.63. The number of halogens is 2. The van der Waals surface area contributed by atoms with Gasteiger partial charge < -0.3 is 9.64 Å². The molecule has 0 radical (unpaired) electrons. The third-order valence-corrected chi connectivity index (χ3v) is 2.21. The molecule has 0 spiro atoms. The van der Waals surface area contributed by atoms with Crippen molar-refractivity contribution in [3.05, 3.63) is 23.9 Å². The van der Waals surface area contributed by atoms with E-state index in [4.69, 9.17) is 4.74 Å². The largest absolute Gasteiger partial charge is 0.465 e. The minimum atomic E-state index is -0.784. The van der Waals surface area contributed by atoms with Crippen LogP contribution in [0.15, 0.2) is 12.3 Å². The summed E-state index contributed by atoms with van der Waals surface area (Å²) in [6.45, 7) is 4.18. The lowest BCUT2D eigenvalue weighted by Gasteiger charge is -2.22. The lowest BCUT2D eigenvalue weighted by atomic mass is 10.3. The number of aromatic nitrogens is 1. The number of carbonyl (C=O) groups excluding carboxylic acids is 1. The normalized spacial score (nSPS) is 10.2. The second-order valence-electron chi connectivity index (χ2n) is 3.69. The molecular weight excluding hydrogens is 242 g/mol. The Bertz CT molecular complexity index is 413. The minimum Gasteiger partial charge on any atom is -0.465 e. The van der Waals surface area contributed by atoms with Gasteiger partial charge in [0.05, 0.1) is 12.8 Å². The molecule has 0 aliphatic heterocycles. The van der Waals surface area contributed by atoms with Crippen LogP contribution in [0.25, 0.3) is 0 Å². The molecule has 4 nitrogen and oxygen atoms in total. The Kier molecular flexibility index (Phi) is 5.48. The van der Waals surface area contributed by atoms with Crippen LogP contribution in [0.4, 0.5) is 14.6 Å². The number of carbonyl (C=O) groups is 1. The zero-order valence-electron chi connectivity index (χ0n) is 10.4. The van der Waals surface area contributed by atoms with Crippen LogP contribution in [0.1, 0.15) is 20.3 Å². The van der Waals surface area contributed by atoms with Crippen molar-refractivity contribution in [2.45, 2.75) is 20.3 Å². The number of anilines is 1. The van der Waals surface area contributed by atoms with Gasteiger partial charge in [-0.25, -0.2) is 13.8 Å². The third kappa shape index (κ3) is 3.94. The maximum atomic E-state index is 13.6. The van der Waals surface area contributed by atoms with E-state index in [-0.39, 0.29) is 19.0 Å². The molecule has 18 heavy (non-hydrogen) atoms. The lowest BCUT2D eigenvalue weighted by molar-refractivity contribution is -0.141. The highest BCUT2D eigenvalue weighted by Crippen LogP contribution is 2.17. The van der Waals surface area contributed by atoms with Gasteiger partial charge >= 0.3 is 5.97 Å². The van der Waals surface area contributed by atoms with Gasteiger partial charge in [0.1, 0.15) is 12.4 Å². The summed E-state index contributed by atoms with van der Waals surface area (Å²) in [5, 5.41) is 0. The quantitative estimate of drug-likeness (QED) is 0.733. The Balaban J connectivity index is 2.86. The summed E-state index contributed by atoms with van der Waals surface area (Å²) in [6, 6.07) is 0.746. The molecule has 0 fully saturated rings. The molecule has 0 N–H and O–H groups in total. The van der Waals surface area contributed by atoms with Crippen molar-refractivity contribution in [1.82, 2.24) is 4.98 Å². The average molecular weight is 258 g/mol. The van der Waals surface area contributed by atoms with Crippen molar-refractivity contribution in [3.8, 4) is 0 Å². The number of rotatable bonds is 6. The van der Waals surface area contributed by atoms with Crippen LogP contribution in [0.5, 0.6) is 0 Å². The van der Waals surface area contributed by atoms with Gasteiger partial charge in [-0.1, -0.05) is 6.92 Å². The Morgan fingerprint density at radius 2 is 2.17 bits per heavy atom. The van der Waals surface area contributed by atoms with E-state index < -0.39 is 17.6 Å². The van der Waals surface area contributed by atoms with Crippen LogP contribution >= 0.6 is 0 Å². The first-order chi connectivity index (χ1) is 8.58. The monoisotopic (exact) mass is 258 g/mol. The molecule has 0 saturated carbocycles. The molecule has 100 valence electrons. The average Bonchev–Trinajstić information content (AvgIpc) is 2.29. The van der Waals surface area contributed by atoms with Gasteiger partial charge in [0.25, 0.3) is 0 Å². The lowest BCUT2D eigenvalue weighted by Crippen LogP contribution is -2.33. The summed E-state index contributed by atoms with van der Waals surface area (Å²) in [5.74, 6) is -2.03. The van der Waals surface area contributed by atoms with Crippen molar-refractivity contribution in [3.63, 3.8) is 0 Å². The predicted molar refractivity (Wildman–Crippen MR) is 63.3 cm³/mol. The Labute approximate surface area is 105 Å². The first-order valence-electron chi connectivity index (χ1n) is 5.80. The molecular formula is C12H16F2N2O2. The highest BCUT2D eigenvalue weighted by atomic mass is 19.1. The van der Waals surface area contributed by atoms with E-state index in [0.717, 1.165) is 12.3 Å². The van der Waals surface area contributed by atoms with Gasteiger partial charge in [0, 0.05) is 12.6 Å². The van der Waals surface area contributed by atoms with Crippen molar-refractivity contribution in [2.75, 3.05) is 24.6 Å². The summed E-state index contributed by atoms with van der Waals surface area (Å²) in [7, 11) is 0. The molecule has 0 amide bonds. The fourth-order valence-corrected chi connectivity index (χ4v) is 1.53. The molecule has 0 saturated heterocycles. The maximum Gasteiger partial charge on any atom is 0.325 e. The summed E-state index contributed by atoms with van der Waals surface area (Å²) >= 11 is 0. The van der Waals surface area contributed by atoms with E-state index in [1.165, 1.54) is 4.90 Å². The third-order valence-electron chi connectivity index (χ3n) is 2.21. The van der Waals surface area contributed by atoms with E-state index >= 15 is 0 Å². The molecule has 1 rings (SSSR count). The van der Waals surface area contributed by atoms with Crippen molar-refractivity contribution >= 4 is 11.8 Å². The number of nitrogens with zero attached hydrogens (tertiary/aromatic N) is 2. The van der Waals surface area contributed by atoms with Gasteiger partial charge in [0.2, 0.25) is 0 Å². The topological polar surface area (TPSA) is 42.4 Å². The maximum absolute atomic E-state index is 13.6. The molecule has 0 atom stereocenters. The van der Waals surface area contributed by atoms with Crippen LogP contribution in [-0.4, -0.2) is 30.6 Å². The van der Waals surface area contributed by atoms with Crippen molar-refractivity contribution in [1.29, 1.82) is 0 Å². The smallest absolute Gasteiger partial charge is 0.325 e. The van der Waals surface area contributed by atoms with E-state index in [1.54, 1.807) is 6.92 Å². The molecule has 0 unspecified atom stereocenters. The predicted octanol–water partition coefficient (Wildman–Crippen LogP) is 2.14. The van der Waals surface area contributed by atoms with E-state index in [0.29, 0.717) is 13.0 Å². The summed E-state index contributed by atoms with van der Waals surface area (Å²) < 4.78 is 31.1. The first kappa shape index (κ1) is 14.3.